The molecular formula is C16H14F2N2O. The number of aromatic nitrogens is 1. The van der Waals surface area contributed by atoms with Crippen LogP contribution >= 0.6 is 0 Å². The Balaban J connectivity index is 1.87. The Bertz CT molecular complexity index is 657. The number of nitrogens with zero attached hydrogens (tertiary/aromatic N) is 2. The van der Waals surface area contributed by atoms with E-state index in [1.165, 1.54) is 12.1 Å². The Morgan fingerprint density at radius 2 is 2.05 bits per heavy atom. The van der Waals surface area contributed by atoms with E-state index in [1.54, 1.807) is 23.4 Å². The number of pyridine rings is 1. The Hall–Kier alpha value is -2.30. The summed E-state index contributed by atoms with van der Waals surface area (Å²) in [4.78, 5) is 18.1. The molecule has 0 spiro atoms. The predicted molar refractivity (Wildman–Crippen MR) is 73.5 cm³/mol. The summed E-state index contributed by atoms with van der Waals surface area (Å²) in [6, 6.07) is 7.42. The monoisotopic (exact) mass is 288 g/mol. The van der Waals surface area contributed by atoms with Crippen LogP contribution in [0.25, 0.3) is 0 Å². The van der Waals surface area contributed by atoms with Gasteiger partial charge in [0.05, 0.1) is 5.56 Å². The molecule has 1 saturated carbocycles. The first-order valence-corrected chi connectivity index (χ1v) is 6.80. The molecule has 1 fully saturated rings. The van der Waals surface area contributed by atoms with Gasteiger partial charge in [-0.3, -0.25) is 9.78 Å². The van der Waals surface area contributed by atoms with E-state index in [0.717, 1.165) is 24.5 Å². The molecule has 3 nitrogen and oxygen atoms in total. The fraction of sp³-hybridized carbons (Fsp3) is 0.250. The van der Waals surface area contributed by atoms with E-state index in [1.807, 2.05) is 6.07 Å². The SMILES string of the molecule is O=C(c1cccc(F)c1F)N(Cc1cccnc1)C1CC1. The van der Waals surface area contributed by atoms with Crippen LogP contribution in [0.15, 0.2) is 42.7 Å². The molecule has 1 aromatic heterocycles. The summed E-state index contributed by atoms with van der Waals surface area (Å²) < 4.78 is 27.1. The number of halogens is 2. The zero-order valence-corrected chi connectivity index (χ0v) is 11.3. The number of hydrogen-bond acceptors (Lipinski definition) is 2. The lowest BCUT2D eigenvalue weighted by atomic mass is 10.1. The van der Waals surface area contributed by atoms with Gasteiger partial charge >= 0.3 is 0 Å². The second-order valence-electron chi connectivity index (χ2n) is 5.13. The lowest BCUT2D eigenvalue weighted by Crippen LogP contribution is -2.33. The van der Waals surface area contributed by atoms with Crippen molar-refractivity contribution < 1.29 is 13.6 Å². The van der Waals surface area contributed by atoms with Crippen molar-refractivity contribution >= 4 is 5.91 Å². The summed E-state index contributed by atoms with van der Waals surface area (Å²) in [6.45, 7) is 0.354. The Morgan fingerprint density at radius 3 is 2.71 bits per heavy atom. The Morgan fingerprint density at radius 1 is 1.24 bits per heavy atom. The minimum atomic E-state index is -1.08. The molecule has 5 heteroatoms. The summed E-state index contributed by atoms with van der Waals surface area (Å²) in [5.41, 5.74) is 0.653. The molecule has 0 radical (unpaired) electrons. The van der Waals surface area contributed by atoms with E-state index in [2.05, 4.69) is 4.98 Å². The van der Waals surface area contributed by atoms with Crippen LogP contribution in [0.1, 0.15) is 28.8 Å². The molecule has 2 aromatic rings. The van der Waals surface area contributed by atoms with Crippen LogP contribution in [-0.4, -0.2) is 21.8 Å². The van der Waals surface area contributed by atoms with Gasteiger partial charge in [0, 0.05) is 25.0 Å². The first-order chi connectivity index (χ1) is 10.2. The van der Waals surface area contributed by atoms with Crippen LogP contribution in [0.5, 0.6) is 0 Å². The van der Waals surface area contributed by atoms with Crippen molar-refractivity contribution in [2.75, 3.05) is 0 Å². The molecule has 1 heterocycles. The van der Waals surface area contributed by atoms with Crippen LogP contribution in [0, 0.1) is 11.6 Å². The highest BCUT2D eigenvalue weighted by atomic mass is 19.2. The summed E-state index contributed by atoms with van der Waals surface area (Å²) in [5, 5.41) is 0. The van der Waals surface area contributed by atoms with Crippen LogP contribution in [0.3, 0.4) is 0 Å². The Labute approximate surface area is 121 Å². The van der Waals surface area contributed by atoms with E-state index in [-0.39, 0.29) is 11.6 Å². The fourth-order valence-electron chi connectivity index (χ4n) is 2.26. The van der Waals surface area contributed by atoms with Crippen LogP contribution in [0.2, 0.25) is 0 Å². The number of hydrogen-bond donors (Lipinski definition) is 0. The first-order valence-electron chi connectivity index (χ1n) is 6.80. The highest BCUT2D eigenvalue weighted by Crippen LogP contribution is 2.30. The van der Waals surface area contributed by atoms with Gasteiger partial charge in [-0.1, -0.05) is 12.1 Å². The maximum absolute atomic E-state index is 13.8. The number of amides is 1. The first kappa shape index (κ1) is 13.7. The maximum atomic E-state index is 13.8. The topological polar surface area (TPSA) is 33.2 Å². The highest BCUT2D eigenvalue weighted by Gasteiger charge is 2.34. The molecule has 1 aliphatic carbocycles. The van der Waals surface area contributed by atoms with Gasteiger partial charge in [0.25, 0.3) is 5.91 Å². The molecule has 21 heavy (non-hydrogen) atoms. The van der Waals surface area contributed by atoms with E-state index in [9.17, 15) is 13.6 Å². The van der Waals surface area contributed by atoms with Gasteiger partial charge in [0.1, 0.15) is 0 Å². The standard InChI is InChI=1S/C16H14F2N2O/c17-14-5-1-4-13(15(14)18)16(21)20(12-6-7-12)10-11-3-2-8-19-9-11/h1-5,8-9,12H,6-7,10H2. The number of benzene rings is 1. The number of carbonyl (C=O) groups excluding carboxylic acids is 1. The maximum Gasteiger partial charge on any atom is 0.257 e. The molecular weight excluding hydrogens is 274 g/mol. The van der Waals surface area contributed by atoms with Crippen molar-refractivity contribution in [3.8, 4) is 0 Å². The van der Waals surface area contributed by atoms with Gasteiger partial charge in [0.2, 0.25) is 0 Å². The van der Waals surface area contributed by atoms with Crippen molar-refractivity contribution in [1.82, 2.24) is 9.88 Å². The molecule has 1 aliphatic rings. The summed E-state index contributed by atoms with van der Waals surface area (Å²) in [7, 11) is 0. The van der Waals surface area contributed by atoms with E-state index < -0.39 is 17.5 Å². The lowest BCUT2D eigenvalue weighted by Gasteiger charge is -2.22. The third-order valence-corrected chi connectivity index (χ3v) is 3.51. The lowest BCUT2D eigenvalue weighted by molar-refractivity contribution is 0.0724. The van der Waals surface area contributed by atoms with E-state index in [0.29, 0.717) is 6.54 Å². The Kier molecular flexibility index (Phi) is 3.64. The molecule has 0 atom stereocenters. The zero-order valence-electron chi connectivity index (χ0n) is 11.3. The van der Waals surface area contributed by atoms with Gasteiger partial charge in [0.15, 0.2) is 11.6 Å². The molecule has 0 bridgehead atoms. The number of carbonyl (C=O) groups is 1. The predicted octanol–water partition coefficient (Wildman–Crippen LogP) is 3.16. The molecule has 0 aliphatic heterocycles. The number of rotatable bonds is 4. The minimum Gasteiger partial charge on any atom is -0.331 e. The summed E-state index contributed by atoms with van der Waals surface area (Å²) in [6.07, 6.45) is 5.11. The fourth-order valence-corrected chi connectivity index (χ4v) is 2.26. The zero-order chi connectivity index (χ0) is 14.8. The second-order valence-corrected chi connectivity index (χ2v) is 5.13. The minimum absolute atomic E-state index is 0.0976. The van der Waals surface area contributed by atoms with Crippen molar-refractivity contribution in [2.24, 2.45) is 0 Å². The summed E-state index contributed by atoms with van der Waals surface area (Å²) >= 11 is 0. The van der Waals surface area contributed by atoms with Crippen molar-refractivity contribution in [1.29, 1.82) is 0 Å². The molecule has 1 amide bonds. The van der Waals surface area contributed by atoms with Crippen molar-refractivity contribution in [3.63, 3.8) is 0 Å². The quantitative estimate of drug-likeness (QED) is 0.865. The van der Waals surface area contributed by atoms with Gasteiger partial charge in [-0.25, -0.2) is 8.78 Å². The third kappa shape index (κ3) is 2.91. The highest BCUT2D eigenvalue weighted by molar-refractivity contribution is 5.94. The largest absolute Gasteiger partial charge is 0.331 e. The normalized spacial score (nSPS) is 14.0. The molecule has 0 unspecified atom stereocenters. The second kappa shape index (κ2) is 5.60. The molecule has 3 rings (SSSR count). The van der Waals surface area contributed by atoms with Gasteiger partial charge < -0.3 is 4.90 Å². The smallest absolute Gasteiger partial charge is 0.257 e. The van der Waals surface area contributed by atoms with E-state index >= 15 is 0 Å². The third-order valence-electron chi connectivity index (χ3n) is 3.51. The van der Waals surface area contributed by atoms with Crippen molar-refractivity contribution in [3.05, 3.63) is 65.5 Å². The van der Waals surface area contributed by atoms with Crippen LogP contribution in [0.4, 0.5) is 8.78 Å². The van der Waals surface area contributed by atoms with Crippen molar-refractivity contribution in [2.45, 2.75) is 25.4 Å². The van der Waals surface area contributed by atoms with Gasteiger partial charge in [-0.2, -0.15) is 0 Å². The van der Waals surface area contributed by atoms with Crippen LogP contribution in [-0.2, 0) is 6.54 Å². The average molecular weight is 288 g/mol. The molecule has 1 aromatic carbocycles. The van der Waals surface area contributed by atoms with Gasteiger partial charge in [-0.15, -0.1) is 0 Å². The van der Waals surface area contributed by atoms with Crippen LogP contribution < -0.4 is 0 Å². The summed E-state index contributed by atoms with van der Waals surface area (Å²) in [5.74, 6) is -2.56. The molecule has 0 N–H and O–H groups in total. The molecule has 108 valence electrons. The average Bonchev–Trinajstić information content (AvgIpc) is 3.33. The molecule has 0 saturated heterocycles. The van der Waals surface area contributed by atoms with E-state index in [4.69, 9.17) is 0 Å². The van der Waals surface area contributed by atoms with Gasteiger partial charge in [-0.05, 0) is 36.6 Å².